The highest BCUT2D eigenvalue weighted by molar-refractivity contribution is 6.47. The van der Waals surface area contributed by atoms with Crippen LogP contribution in [0, 0.1) is 0 Å². The van der Waals surface area contributed by atoms with Crippen molar-refractivity contribution < 1.29 is 14.7 Å². The molecule has 2 rings (SSSR count). The number of rotatable bonds is 0. The van der Waals surface area contributed by atoms with Gasteiger partial charge in [-0.1, -0.05) is 24.4 Å². The van der Waals surface area contributed by atoms with Crippen LogP contribution in [0.15, 0.2) is 5.16 Å². The summed E-state index contributed by atoms with van der Waals surface area (Å²) >= 11 is 0. The number of nitrogens with zero attached hydrogens (tertiary/aromatic N) is 1. The van der Waals surface area contributed by atoms with Crippen molar-refractivity contribution in [2.45, 2.75) is 57.2 Å². The van der Waals surface area contributed by atoms with Crippen LogP contribution in [0.5, 0.6) is 0 Å². The molecule has 0 aromatic carbocycles. The van der Waals surface area contributed by atoms with Gasteiger partial charge in [0.2, 0.25) is 5.78 Å². The Labute approximate surface area is 89.3 Å². The fourth-order valence-corrected chi connectivity index (χ4v) is 2.67. The quantitative estimate of drug-likeness (QED) is 0.491. The number of carbonyl (C=O) groups excluding carboxylic acids is 1. The smallest absolute Gasteiger partial charge is 0.214 e. The minimum Gasteiger partial charge on any atom is -0.410 e. The first-order valence-corrected chi connectivity index (χ1v) is 5.49. The van der Waals surface area contributed by atoms with E-state index < -0.39 is 11.2 Å². The van der Waals surface area contributed by atoms with Gasteiger partial charge in [-0.15, -0.1) is 0 Å². The lowest BCUT2D eigenvalue weighted by Crippen LogP contribution is -2.39. The van der Waals surface area contributed by atoms with Crippen molar-refractivity contribution in [2.24, 2.45) is 5.16 Å². The minimum absolute atomic E-state index is 0.174. The predicted octanol–water partition coefficient (Wildman–Crippen LogP) is 1.90. The first-order chi connectivity index (χ1) is 7.02. The molecular formula is C11H17NO3. The zero-order valence-corrected chi connectivity index (χ0v) is 9.25. The first-order valence-electron chi connectivity index (χ1n) is 5.49. The van der Waals surface area contributed by atoms with E-state index in [2.05, 4.69) is 5.16 Å². The molecule has 0 bridgehead atoms. The third kappa shape index (κ3) is 1.47. The van der Waals surface area contributed by atoms with Crippen molar-refractivity contribution in [3.8, 4) is 0 Å². The summed E-state index contributed by atoms with van der Waals surface area (Å²) in [5.41, 5.74) is -1.21. The number of ether oxygens (including phenoxy) is 1. The van der Waals surface area contributed by atoms with E-state index in [1.54, 1.807) is 13.8 Å². The maximum atomic E-state index is 11.9. The highest BCUT2D eigenvalue weighted by Gasteiger charge is 2.56. The molecule has 0 aromatic rings. The molecule has 84 valence electrons. The monoisotopic (exact) mass is 211 g/mol. The van der Waals surface area contributed by atoms with E-state index in [4.69, 9.17) is 9.94 Å². The Balaban J connectivity index is 2.37. The van der Waals surface area contributed by atoms with Crippen LogP contribution in [0.1, 0.15) is 46.0 Å². The average Bonchev–Trinajstić information content (AvgIpc) is 2.35. The van der Waals surface area contributed by atoms with Gasteiger partial charge in [0.1, 0.15) is 11.2 Å². The lowest BCUT2D eigenvalue weighted by Gasteiger charge is -2.33. The summed E-state index contributed by atoms with van der Waals surface area (Å²) in [6.07, 6.45) is 4.81. The summed E-state index contributed by atoms with van der Waals surface area (Å²) < 4.78 is 5.85. The van der Waals surface area contributed by atoms with Crippen LogP contribution in [-0.4, -0.2) is 27.9 Å². The highest BCUT2D eigenvalue weighted by atomic mass is 16.5. The molecule has 0 radical (unpaired) electrons. The van der Waals surface area contributed by atoms with Crippen molar-refractivity contribution in [1.29, 1.82) is 0 Å². The van der Waals surface area contributed by atoms with Crippen LogP contribution in [0.25, 0.3) is 0 Å². The summed E-state index contributed by atoms with van der Waals surface area (Å²) in [6, 6.07) is 0. The number of hydrogen-bond donors (Lipinski definition) is 1. The van der Waals surface area contributed by atoms with Crippen molar-refractivity contribution in [3.05, 3.63) is 0 Å². The summed E-state index contributed by atoms with van der Waals surface area (Å²) in [5.74, 6) is -0.174. The van der Waals surface area contributed by atoms with Gasteiger partial charge < -0.3 is 9.94 Å². The predicted molar refractivity (Wildman–Crippen MR) is 55.2 cm³/mol. The molecule has 1 saturated carbocycles. The van der Waals surface area contributed by atoms with Gasteiger partial charge in [-0.05, 0) is 26.7 Å². The topological polar surface area (TPSA) is 58.9 Å². The molecule has 1 spiro atoms. The molecule has 15 heavy (non-hydrogen) atoms. The van der Waals surface area contributed by atoms with Gasteiger partial charge in [0.25, 0.3) is 0 Å². The van der Waals surface area contributed by atoms with Gasteiger partial charge >= 0.3 is 0 Å². The molecule has 1 aliphatic heterocycles. The Bertz CT molecular complexity index is 314. The second-order valence-electron chi connectivity index (χ2n) is 4.95. The van der Waals surface area contributed by atoms with Crippen molar-refractivity contribution >= 4 is 11.5 Å². The molecule has 2 fully saturated rings. The first kappa shape index (κ1) is 10.6. The standard InChI is InChI=1S/C11H17NO3/c1-10(2)9(13)8(12-14)11(15-10)6-4-3-5-7-11/h14H,3-7H2,1-2H3/b12-8-. The molecule has 0 aromatic heterocycles. The number of Topliss-reactive ketones (excluding diaryl/α,β-unsaturated/α-hetero) is 1. The maximum Gasteiger partial charge on any atom is 0.214 e. The number of hydrogen-bond acceptors (Lipinski definition) is 4. The summed E-state index contributed by atoms with van der Waals surface area (Å²) in [5, 5.41) is 12.2. The Morgan fingerprint density at radius 1 is 1.27 bits per heavy atom. The zero-order chi connectivity index (χ0) is 11.1. The average molecular weight is 211 g/mol. The minimum atomic E-state index is -0.834. The van der Waals surface area contributed by atoms with Gasteiger partial charge in [0.05, 0.1) is 0 Å². The largest absolute Gasteiger partial charge is 0.410 e. The Hall–Kier alpha value is -0.900. The number of carbonyl (C=O) groups is 1. The van der Waals surface area contributed by atoms with Crippen molar-refractivity contribution in [1.82, 2.24) is 0 Å². The van der Waals surface area contributed by atoms with Gasteiger partial charge in [-0.25, -0.2) is 0 Å². The molecule has 1 saturated heterocycles. The molecule has 0 atom stereocenters. The van der Waals surface area contributed by atoms with Gasteiger partial charge in [-0.2, -0.15) is 0 Å². The van der Waals surface area contributed by atoms with Crippen molar-refractivity contribution in [3.63, 3.8) is 0 Å². The molecule has 4 nitrogen and oxygen atoms in total. The summed E-state index contributed by atoms with van der Waals surface area (Å²) in [4.78, 5) is 11.9. The van der Waals surface area contributed by atoms with Crippen LogP contribution in [0.2, 0.25) is 0 Å². The van der Waals surface area contributed by atoms with Gasteiger partial charge in [0, 0.05) is 0 Å². The van der Waals surface area contributed by atoms with Gasteiger partial charge in [-0.3, -0.25) is 4.79 Å². The van der Waals surface area contributed by atoms with E-state index in [0.717, 1.165) is 25.7 Å². The fourth-order valence-electron chi connectivity index (χ4n) is 2.67. The van der Waals surface area contributed by atoms with Gasteiger partial charge in [0.15, 0.2) is 5.71 Å². The van der Waals surface area contributed by atoms with E-state index in [-0.39, 0.29) is 11.5 Å². The van der Waals surface area contributed by atoms with Crippen LogP contribution >= 0.6 is 0 Å². The molecule has 0 amide bonds. The molecule has 0 unspecified atom stereocenters. The second kappa shape index (κ2) is 3.30. The van der Waals surface area contributed by atoms with E-state index in [1.807, 2.05) is 0 Å². The van der Waals surface area contributed by atoms with Crippen molar-refractivity contribution in [2.75, 3.05) is 0 Å². The van der Waals surface area contributed by atoms with E-state index in [1.165, 1.54) is 6.42 Å². The number of oxime groups is 1. The third-order valence-corrected chi connectivity index (χ3v) is 3.41. The highest BCUT2D eigenvalue weighted by Crippen LogP contribution is 2.42. The van der Waals surface area contributed by atoms with E-state index in [0.29, 0.717) is 0 Å². The van der Waals surface area contributed by atoms with Crippen LogP contribution in [0.3, 0.4) is 0 Å². The zero-order valence-electron chi connectivity index (χ0n) is 9.25. The van der Waals surface area contributed by atoms with Crippen LogP contribution in [-0.2, 0) is 9.53 Å². The Morgan fingerprint density at radius 3 is 2.40 bits per heavy atom. The second-order valence-corrected chi connectivity index (χ2v) is 4.95. The summed E-state index contributed by atoms with van der Waals surface area (Å²) in [6.45, 7) is 3.48. The number of ketones is 1. The fraction of sp³-hybridized carbons (Fsp3) is 0.818. The Morgan fingerprint density at radius 2 is 1.87 bits per heavy atom. The molecule has 4 heteroatoms. The van der Waals surface area contributed by atoms with Crippen LogP contribution in [0.4, 0.5) is 0 Å². The lowest BCUT2D eigenvalue weighted by molar-refractivity contribution is -0.136. The molecular weight excluding hydrogens is 194 g/mol. The third-order valence-electron chi connectivity index (χ3n) is 3.41. The van der Waals surface area contributed by atoms with E-state index >= 15 is 0 Å². The summed E-state index contributed by atoms with van der Waals surface area (Å²) in [7, 11) is 0. The molecule has 1 aliphatic carbocycles. The normalized spacial score (nSPS) is 31.3. The molecule has 1 heterocycles. The molecule has 1 N–H and O–H groups in total. The SMILES string of the molecule is CC1(C)OC2(CCCCC2)/C(=N\O)C1=O. The maximum absolute atomic E-state index is 11.9. The lowest BCUT2D eigenvalue weighted by atomic mass is 9.81. The van der Waals surface area contributed by atoms with E-state index in [9.17, 15) is 4.79 Å². The molecule has 2 aliphatic rings. The van der Waals surface area contributed by atoms with Crippen LogP contribution < -0.4 is 0 Å². The Kier molecular flexibility index (Phi) is 2.34.